The van der Waals surface area contributed by atoms with E-state index < -0.39 is 6.10 Å². The highest BCUT2D eigenvalue weighted by molar-refractivity contribution is 6.35. The van der Waals surface area contributed by atoms with Crippen molar-refractivity contribution in [2.45, 2.75) is 45.8 Å². The lowest BCUT2D eigenvalue weighted by molar-refractivity contribution is 0.103. The van der Waals surface area contributed by atoms with E-state index >= 15 is 0 Å². The smallest absolute Gasteiger partial charge is 0.138 e. The number of aliphatic hydroxyl groups is 1. The first-order chi connectivity index (χ1) is 9.92. The van der Waals surface area contributed by atoms with Crippen molar-refractivity contribution in [1.29, 1.82) is 0 Å². The minimum absolute atomic E-state index is 0.199. The summed E-state index contributed by atoms with van der Waals surface area (Å²) in [5, 5.41) is 14.3. The Bertz CT molecular complexity index is 429. The van der Waals surface area contributed by atoms with E-state index in [2.05, 4.69) is 26.1 Å². The summed E-state index contributed by atoms with van der Waals surface area (Å²) in [6, 6.07) is 5.42. The van der Waals surface area contributed by atoms with Crippen LogP contribution in [0.4, 0.5) is 0 Å². The van der Waals surface area contributed by atoms with E-state index in [-0.39, 0.29) is 6.61 Å². The Morgan fingerprint density at radius 1 is 1.29 bits per heavy atom. The molecular weight excluding hydrogens is 309 g/mol. The minimum Gasteiger partial charge on any atom is -0.489 e. The zero-order valence-corrected chi connectivity index (χ0v) is 14.4. The Labute approximate surface area is 137 Å². The van der Waals surface area contributed by atoms with Crippen molar-refractivity contribution in [3.63, 3.8) is 0 Å². The number of nitrogens with one attached hydrogen (secondary N) is 1. The lowest BCUT2D eigenvalue weighted by atomic mass is 10.0. The van der Waals surface area contributed by atoms with E-state index in [4.69, 9.17) is 27.9 Å². The number of halogens is 2. The van der Waals surface area contributed by atoms with Crippen molar-refractivity contribution in [1.82, 2.24) is 5.32 Å². The topological polar surface area (TPSA) is 41.5 Å². The third-order valence-corrected chi connectivity index (χ3v) is 4.01. The molecule has 0 radical (unpaired) electrons. The maximum Gasteiger partial charge on any atom is 0.138 e. The van der Waals surface area contributed by atoms with E-state index in [1.807, 2.05) is 0 Å². The van der Waals surface area contributed by atoms with Crippen LogP contribution >= 0.6 is 23.2 Å². The molecule has 0 saturated heterocycles. The highest BCUT2D eigenvalue weighted by Gasteiger charge is 2.11. The molecule has 0 aliphatic carbocycles. The molecule has 0 fully saturated rings. The molecule has 5 heteroatoms. The molecule has 21 heavy (non-hydrogen) atoms. The average Bonchev–Trinajstić information content (AvgIpc) is 2.44. The number of aliphatic hydroxyl groups excluding tert-OH is 1. The maximum atomic E-state index is 9.94. The van der Waals surface area contributed by atoms with E-state index in [0.29, 0.717) is 34.3 Å². The van der Waals surface area contributed by atoms with Gasteiger partial charge in [-0.2, -0.15) is 0 Å². The van der Waals surface area contributed by atoms with Crippen LogP contribution in [0, 0.1) is 5.92 Å². The number of benzene rings is 1. The Morgan fingerprint density at radius 3 is 2.62 bits per heavy atom. The normalized spacial score (nSPS) is 15.5. The van der Waals surface area contributed by atoms with Crippen LogP contribution in [-0.2, 0) is 0 Å². The zero-order valence-electron chi connectivity index (χ0n) is 12.9. The summed E-state index contributed by atoms with van der Waals surface area (Å²) in [7, 11) is 0. The minimum atomic E-state index is -0.573. The molecule has 3 unspecified atom stereocenters. The molecule has 3 atom stereocenters. The molecule has 1 aromatic carbocycles. The van der Waals surface area contributed by atoms with Crippen LogP contribution in [0.3, 0.4) is 0 Å². The van der Waals surface area contributed by atoms with Gasteiger partial charge in [0.05, 0.1) is 5.02 Å². The van der Waals surface area contributed by atoms with Crippen LogP contribution in [0.2, 0.25) is 10.0 Å². The summed E-state index contributed by atoms with van der Waals surface area (Å²) in [6.45, 7) is 7.26. The second-order valence-corrected chi connectivity index (χ2v) is 6.44. The standard InChI is InChI=1S/C16H25Cl2NO2/c1-4-11(2)7-12(3)19-9-14(20)10-21-16-6-5-13(17)8-15(16)18/h5-6,8,11-12,14,19-20H,4,7,9-10H2,1-3H3. The molecule has 1 aromatic rings. The largest absolute Gasteiger partial charge is 0.489 e. The van der Waals surface area contributed by atoms with E-state index in [1.165, 1.54) is 6.42 Å². The van der Waals surface area contributed by atoms with Gasteiger partial charge in [-0.25, -0.2) is 0 Å². The van der Waals surface area contributed by atoms with Crippen molar-refractivity contribution in [3.8, 4) is 5.75 Å². The van der Waals surface area contributed by atoms with E-state index in [0.717, 1.165) is 6.42 Å². The first-order valence-corrected chi connectivity index (χ1v) is 8.17. The molecule has 120 valence electrons. The molecule has 0 aliphatic heterocycles. The van der Waals surface area contributed by atoms with Crippen LogP contribution in [0.15, 0.2) is 18.2 Å². The van der Waals surface area contributed by atoms with Gasteiger partial charge in [0, 0.05) is 17.6 Å². The molecule has 0 heterocycles. The summed E-state index contributed by atoms with van der Waals surface area (Å²) in [6.07, 6.45) is 1.70. The van der Waals surface area contributed by atoms with Gasteiger partial charge in [0.15, 0.2) is 0 Å². The lowest BCUT2D eigenvalue weighted by Crippen LogP contribution is -2.37. The first-order valence-electron chi connectivity index (χ1n) is 7.41. The van der Waals surface area contributed by atoms with Gasteiger partial charge < -0.3 is 15.2 Å². The second-order valence-electron chi connectivity index (χ2n) is 5.60. The molecule has 0 amide bonds. The maximum absolute atomic E-state index is 9.94. The number of hydrogen-bond donors (Lipinski definition) is 2. The van der Waals surface area contributed by atoms with E-state index in [1.54, 1.807) is 18.2 Å². The van der Waals surface area contributed by atoms with E-state index in [9.17, 15) is 5.11 Å². The summed E-state index contributed by atoms with van der Waals surface area (Å²) in [5.74, 6) is 1.22. The van der Waals surface area contributed by atoms with Crippen LogP contribution in [0.1, 0.15) is 33.6 Å². The molecular formula is C16H25Cl2NO2. The van der Waals surface area contributed by atoms with Gasteiger partial charge in [0.2, 0.25) is 0 Å². The van der Waals surface area contributed by atoms with Crippen LogP contribution in [0.5, 0.6) is 5.75 Å². The van der Waals surface area contributed by atoms with Gasteiger partial charge in [-0.1, -0.05) is 43.5 Å². The molecule has 2 N–H and O–H groups in total. The van der Waals surface area contributed by atoms with Gasteiger partial charge in [-0.05, 0) is 37.5 Å². The molecule has 3 nitrogen and oxygen atoms in total. The van der Waals surface area contributed by atoms with Gasteiger partial charge in [0.1, 0.15) is 18.5 Å². The zero-order chi connectivity index (χ0) is 15.8. The molecule has 0 bridgehead atoms. The monoisotopic (exact) mass is 333 g/mol. The van der Waals surface area contributed by atoms with Gasteiger partial charge in [0.25, 0.3) is 0 Å². The number of ether oxygens (including phenoxy) is 1. The van der Waals surface area contributed by atoms with Gasteiger partial charge in [-0.3, -0.25) is 0 Å². The predicted octanol–water partition coefficient (Wildman–Crippen LogP) is 4.15. The molecule has 0 spiro atoms. The Balaban J connectivity index is 2.29. The van der Waals surface area contributed by atoms with Crippen molar-refractivity contribution >= 4 is 23.2 Å². The molecule has 0 aromatic heterocycles. The summed E-state index contributed by atoms with van der Waals surface area (Å²) < 4.78 is 5.51. The van der Waals surface area contributed by atoms with Crippen LogP contribution in [-0.4, -0.2) is 30.4 Å². The molecule has 1 rings (SSSR count). The molecule has 0 aliphatic rings. The van der Waals surface area contributed by atoms with Crippen molar-refractivity contribution < 1.29 is 9.84 Å². The fourth-order valence-electron chi connectivity index (χ4n) is 2.03. The van der Waals surface area contributed by atoms with Crippen molar-refractivity contribution in [2.24, 2.45) is 5.92 Å². The third kappa shape index (κ3) is 7.37. The van der Waals surface area contributed by atoms with Crippen LogP contribution in [0.25, 0.3) is 0 Å². The highest BCUT2D eigenvalue weighted by atomic mass is 35.5. The predicted molar refractivity (Wildman–Crippen MR) is 89.5 cm³/mol. The summed E-state index contributed by atoms with van der Waals surface area (Å²) in [5.41, 5.74) is 0. The first kappa shape index (κ1) is 18.6. The highest BCUT2D eigenvalue weighted by Crippen LogP contribution is 2.27. The third-order valence-electron chi connectivity index (χ3n) is 3.48. The quantitative estimate of drug-likeness (QED) is 0.713. The Morgan fingerprint density at radius 2 is 2.00 bits per heavy atom. The summed E-state index contributed by atoms with van der Waals surface area (Å²) >= 11 is 11.8. The fraction of sp³-hybridized carbons (Fsp3) is 0.625. The Hall–Kier alpha value is -0.480. The molecule has 0 saturated carbocycles. The van der Waals surface area contributed by atoms with Gasteiger partial charge >= 0.3 is 0 Å². The summed E-state index contributed by atoms with van der Waals surface area (Å²) in [4.78, 5) is 0. The lowest BCUT2D eigenvalue weighted by Gasteiger charge is -2.20. The van der Waals surface area contributed by atoms with Crippen LogP contribution < -0.4 is 10.1 Å². The van der Waals surface area contributed by atoms with Crippen molar-refractivity contribution in [3.05, 3.63) is 28.2 Å². The second kappa shape index (κ2) is 9.52. The average molecular weight is 334 g/mol. The van der Waals surface area contributed by atoms with Crippen molar-refractivity contribution in [2.75, 3.05) is 13.2 Å². The Kier molecular flexibility index (Phi) is 8.42. The SMILES string of the molecule is CCC(C)CC(C)NCC(O)COc1ccc(Cl)cc1Cl. The fourth-order valence-corrected chi connectivity index (χ4v) is 2.49. The number of hydrogen-bond acceptors (Lipinski definition) is 3. The number of rotatable bonds is 9. The van der Waals surface area contributed by atoms with Gasteiger partial charge in [-0.15, -0.1) is 0 Å².